The molecule has 0 aliphatic rings. The minimum absolute atomic E-state index is 0.125. The van der Waals surface area contributed by atoms with Gasteiger partial charge >= 0.3 is 11.5 Å². The predicted octanol–water partition coefficient (Wildman–Crippen LogP) is 3.91. The Morgan fingerprint density at radius 3 is 2.50 bits per heavy atom. The van der Waals surface area contributed by atoms with Gasteiger partial charge in [0.2, 0.25) is 0 Å². The molecule has 20 heavy (non-hydrogen) atoms. The molecule has 7 heteroatoms. The van der Waals surface area contributed by atoms with E-state index in [-0.39, 0.29) is 46.4 Å². The molecule has 0 spiro atoms. The monoisotopic (exact) mass is 303 g/mol. The Morgan fingerprint density at radius 2 is 2.05 bits per heavy atom. The Labute approximate surface area is 118 Å². The molecule has 0 fully saturated rings. The van der Waals surface area contributed by atoms with Crippen LogP contribution in [0, 0.1) is 11.3 Å². The molecule has 1 rings (SSSR count). The second-order valence-electron chi connectivity index (χ2n) is 3.70. The molecule has 0 heterocycles. The molecule has 3 nitrogen and oxygen atoms in total. The number of alkyl halides is 3. The fraction of sp³-hybridized carbons (Fsp3) is 0.385. The molecule has 0 unspecified atom stereocenters. The number of hydrogen-bond acceptors (Lipinski definition) is 4. The van der Waals surface area contributed by atoms with Crippen molar-refractivity contribution in [1.82, 2.24) is 0 Å². The smallest absolute Gasteiger partial charge is 0.446 e. The van der Waals surface area contributed by atoms with Crippen molar-refractivity contribution in [2.75, 3.05) is 6.61 Å². The van der Waals surface area contributed by atoms with Crippen LogP contribution < -0.4 is 0 Å². The number of thioether (sulfide) groups is 1. The van der Waals surface area contributed by atoms with Crippen LogP contribution in [0.25, 0.3) is 0 Å². The highest BCUT2D eigenvalue weighted by Gasteiger charge is 2.31. The van der Waals surface area contributed by atoms with Crippen LogP contribution in [0.3, 0.4) is 0 Å². The summed E-state index contributed by atoms with van der Waals surface area (Å²) in [6, 6.07) is 4.14. The van der Waals surface area contributed by atoms with Gasteiger partial charge in [-0.3, -0.25) is 0 Å². The second-order valence-corrected chi connectivity index (χ2v) is 4.81. The van der Waals surface area contributed by atoms with E-state index in [1.807, 2.05) is 0 Å². The van der Waals surface area contributed by atoms with Crippen molar-refractivity contribution in [2.24, 2.45) is 0 Å². The maximum atomic E-state index is 12.4. The summed E-state index contributed by atoms with van der Waals surface area (Å²) in [4.78, 5) is 11.5. The molecular formula is C13H12F3NO2S. The lowest BCUT2D eigenvalue weighted by molar-refractivity contribution is -0.0328. The standard InChI is InChI=1S/C13H12F3NO2S/c1-3-8-9(12(18)19-4-2)5-6-11(10(8)7-17)20-13(14,15)16/h5-6H,3-4H2,1-2H3. The molecular weight excluding hydrogens is 291 g/mol. The van der Waals surface area contributed by atoms with Crippen LogP contribution in [0.1, 0.15) is 35.3 Å². The highest BCUT2D eigenvalue weighted by Crippen LogP contribution is 2.39. The Morgan fingerprint density at radius 1 is 1.40 bits per heavy atom. The van der Waals surface area contributed by atoms with E-state index in [4.69, 9.17) is 10.00 Å². The molecule has 0 aliphatic carbocycles. The molecule has 1 aromatic carbocycles. The van der Waals surface area contributed by atoms with Crippen LogP contribution in [0.5, 0.6) is 0 Å². The average molecular weight is 303 g/mol. The molecule has 0 amide bonds. The van der Waals surface area contributed by atoms with Crippen molar-refractivity contribution < 1.29 is 22.7 Å². The first-order chi connectivity index (χ1) is 9.34. The second kappa shape index (κ2) is 6.66. The van der Waals surface area contributed by atoms with Gasteiger partial charge in [0, 0.05) is 4.90 Å². The van der Waals surface area contributed by atoms with Gasteiger partial charge in [-0.2, -0.15) is 18.4 Å². The molecule has 0 aromatic heterocycles. The lowest BCUT2D eigenvalue weighted by Gasteiger charge is -2.13. The quantitative estimate of drug-likeness (QED) is 0.625. The third-order valence-corrected chi connectivity index (χ3v) is 3.25. The molecule has 0 aliphatic heterocycles. The van der Waals surface area contributed by atoms with Crippen LogP contribution in [-0.4, -0.2) is 18.1 Å². The van der Waals surface area contributed by atoms with Crippen LogP contribution in [-0.2, 0) is 11.2 Å². The fourth-order valence-electron chi connectivity index (χ4n) is 1.73. The van der Waals surface area contributed by atoms with E-state index in [0.717, 1.165) is 6.07 Å². The van der Waals surface area contributed by atoms with E-state index in [1.54, 1.807) is 19.9 Å². The van der Waals surface area contributed by atoms with Crippen LogP contribution in [0.4, 0.5) is 13.2 Å². The van der Waals surface area contributed by atoms with Crippen molar-refractivity contribution in [3.63, 3.8) is 0 Å². The van der Waals surface area contributed by atoms with E-state index >= 15 is 0 Å². The molecule has 0 saturated carbocycles. The Bertz CT molecular complexity index is 550. The summed E-state index contributed by atoms with van der Waals surface area (Å²) in [5.41, 5.74) is -4.19. The van der Waals surface area contributed by atoms with Gasteiger partial charge in [-0.05, 0) is 42.8 Å². The molecule has 0 atom stereocenters. The topological polar surface area (TPSA) is 50.1 Å². The summed E-state index contributed by atoms with van der Waals surface area (Å²) in [5, 5.41) is 9.08. The summed E-state index contributed by atoms with van der Waals surface area (Å²) in [5.74, 6) is -0.635. The van der Waals surface area contributed by atoms with Gasteiger partial charge in [0.15, 0.2) is 0 Å². The van der Waals surface area contributed by atoms with Gasteiger partial charge in [0.1, 0.15) is 6.07 Å². The minimum atomic E-state index is -4.48. The van der Waals surface area contributed by atoms with Crippen molar-refractivity contribution >= 4 is 17.7 Å². The maximum Gasteiger partial charge on any atom is 0.446 e. The number of rotatable bonds is 4. The summed E-state index contributed by atoms with van der Waals surface area (Å²) in [6.45, 7) is 3.45. The van der Waals surface area contributed by atoms with E-state index in [1.165, 1.54) is 6.07 Å². The van der Waals surface area contributed by atoms with Gasteiger partial charge in [0.05, 0.1) is 17.7 Å². The Hall–Kier alpha value is -1.68. The van der Waals surface area contributed by atoms with Gasteiger partial charge in [-0.15, -0.1) is 0 Å². The van der Waals surface area contributed by atoms with Crippen molar-refractivity contribution in [3.8, 4) is 6.07 Å². The van der Waals surface area contributed by atoms with Gasteiger partial charge in [-0.25, -0.2) is 4.79 Å². The highest BCUT2D eigenvalue weighted by atomic mass is 32.2. The molecule has 108 valence electrons. The maximum absolute atomic E-state index is 12.4. The summed E-state index contributed by atoms with van der Waals surface area (Å²) >= 11 is -0.359. The van der Waals surface area contributed by atoms with Crippen molar-refractivity contribution in [1.29, 1.82) is 5.26 Å². The first-order valence-electron chi connectivity index (χ1n) is 5.82. The normalized spacial score (nSPS) is 11.0. The molecule has 0 saturated heterocycles. The first-order valence-corrected chi connectivity index (χ1v) is 6.64. The highest BCUT2D eigenvalue weighted by molar-refractivity contribution is 8.00. The van der Waals surface area contributed by atoms with E-state index < -0.39 is 11.5 Å². The number of carbonyl (C=O) groups excluding carboxylic acids is 1. The number of ether oxygens (including phenoxy) is 1. The predicted molar refractivity (Wildman–Crippen MR) is 68.4 cm³/mol. The van der Waals surface area contributed by atoms with Crippen LogP contribution in [0.15, 0.2) is 17.0 Å². The average Bonchev–Trinajstić information content (AvgIpc) is 2.36. The number of nitriles is 1. The summed E-state index contributed by atoms with van der Waals surface area (Å²) in [6.07, 6.45) is 0.267. The third kappa shape index (κ3) is 3.90. The number of benzene rings is 1. The van der Waals surface area contributed by atoms with Crippen LogP contribution in [0.2, 0.25) is 0 Å². The van der Waals surface area contributed by atoms with Gasteiger partial charge in [-0.1, -0.05) is 6.92 Å². The first kappa shape index (κ1) is 16.4. The number of esters is 1. The Balaban J connectivity index is 3.34. The number of hydrogen-bond donors (Lipinski definition) is 0. The Kier molecular flexibility index (Phi) is 5.45. The number of nitrogens with zero attached hydrogens (tertiary/aromatic N) is 1. The molecule has 0 N–H and O–H groups in total. The molecule has 1 aromatic rings. The number of halogens is 3. The SMILES string of the molecule is CCOC(=O)c1ccc(SC(F)(F)F)c(C#N)c1CC. The molecule has 0 radical (unpaired) electrons. The summed E-state index contributed by atoms with van der Waals surface area (Å²) in [7, 11) is 0. The zero-order chi connectivity index (χ0) is 15.3. The molecule has 0 bridgehead atoms. The third-order valence-electron chi connectivity index (χ3n) is 2.46. The van der Waals surface area contributed by atoms with Gasteiger partial charge in [0.25, 0.3) is 0 Å². The summed E-state index contributed by atoms with van der Waals surface area (Å²) < 4.78 is 42.1. The van der Waals surface area contributed by atoms with E-state index in [0.29, 0.717) is 0 Å². The minimum Gasteiger partial charge on any atom is -0.462 e. The van der Waals surface area contributed by atoms with E-state index in [2.05, 4.69) is 0 Å². The van der Waals surface area contributed by atoms with Crippen LogP contribution >= 0.6 is 11.8 Å². The van der Waals surface area contributed by atoms with Crippen molar-refractivity contribution in [2.45, 2.75) is 30.7 Å². The zero-order valence-electron chi connectivity index (χ0n) is 10.9. The largest absolute Gasteiger partial charge is 0.462 e. The lowest BCUT2D eigenvalue weighted by atomic mass is 9.99. The number of carbonyl (C=O) groups is 1. The fourth-order valence-corrected chi connectivity index (χ4v) is 2.38. The van der Waals surface area contributed by atoms with Gasteiger partial charge < -0.3 is 4.74 Å². The lowest BCUT2D eigenvalue weighted by Crippen LogP contribution is -2.10. The van der Waals surface area contributed by atoms with Crippen molar-refractivity contribution in [3.05, 3.63) is 28.8 Å². The van der Waals surface area contributed by atoms with E-state index in [9.17, 15) is 18.0 Å². The zero-order valence-corrected chi connectivity index (χ0v) is 11.7.